The van der Waals surface area contributed by atoms with Crippen molar-refractivity contribution >= 4 is 11.8 Å². The van der Waals surface area contributed by atoms with Crippen LogP contribution in [0.2, 0.25) is 0 Å². The van der Waals surface area contributed by atoms with Crippen molar-refractivity contribution in [1.29, 1.82) is 0 Å². The number of nitrogens with one attached hydrogen (secondary N) is 1. The molecule has 2 rings (SSSR count). The number of carbonyl (C=O) groups excluding carboxylic acids is 2. The predicted molar refractivity (Wildman–Crippen MR) is 102 cm³/mol. The summed E-state index contributed by atoms with van der Waals surface area (Å²) in [5.74, 6) is 0.699. The number of hydrogen-bond acceptors (Lipinski definition) is 3. The number of benzene rings is 2. The zero-order valence-electron chi connectivity index (χ0n) is 15.6. The second-order valence-electron chi connectivity index (χ2n) is 6.14. The number of nitrogens with zero attached hydrogens (tertiary/aromatic N) is 1. The highest BCUT2D eigenvalue weighted by Gasteiger charge is 2.12. The molecule has 0 fully saturated rings. The molecule has 26 heavy (non-hydrogen) atoms. The number of methoxy groups -OCH3 is 1. The van der Waals surface area contributed by atoms with Gasteiger partial charge in [0, 0.05) is 32.1 Å². The van der Waals surface area contributed by atoms with Crippen molar-refractivity contribution in [3.63, 3.8) is 0 Å². The fourth-order valence-electron chi connectivity index (χ4n) is 2.82. The number of ether oxygens (including phenoxy) is 1. The molecule has 0 aromatic heterocycles. The first kappa shape index (κ1) is 19.5. The van der Waals surface area contributed by atoms with E-state index in [0.717, 1.165) is 16.9 Å². The molecule has 5 heteroatoms. The number of rotatable bonds is 8. The van der Waals surface area contributed by atoms with Gasteiger partial charge in [0.1, 0.15) is 5.75 Å². The highest BCUT2D eigenvalue weighted by atomic mass is 16.5. The first-order valence-electron chi connectivity index (χ1n) is 8.74. The summed E-state index contributed by atoms with van der Waals surface area (Å²) in [7, 11) is 1.64. The first-order chi connectivity index (χ1) is 12.5. The van der Waals surface area contributed by atoms with E-state index in [-0.39, 0.29) is 11.8 Å². The van der Waals surface area contributed by atoms with Crippen molar-refractivity contribution in [1.82, 2.24) is 10.2 Å². The highest BCUT2D eigenvalue weighted by molar-refractivity contribution is 5.95. The quantitative estimate of drug-likeness (QED) is 0.793. The van der Waals surface area contributed by atoms with E-state index >= 15 is 0 Å². The molecule has 0 unspecified atom stereocenters. The summed E-state index contributed by atoms with van der Waals surface area (Å²) in [4.78, 5) is 25.9. The smallest absolute Gasteiger partial charge is 0.251 e. The Bertz CT molecular complexity index is 758. The molecule has 0 aliphatic rings. The molecule has 138 valence electrons. The van der Waals surface area contributed by atoms with Gasteiger partial charge in [0.05, 0.1) is 7.11 Å². The number of hydrogen-bond donors (Lipinski definition) is 1. The van der Waals surface area contributed by atoms with Crippen LogP contribution in [0, 0.1) is 6.92 Å². The molecule has 0 bridgehead atoms. The van der Waals surface area contributed by atoms with Gasteiger partial charge in [-0.3, -0.25) is 9.59 Å². The lowest BCUT2D eigenvalue weighted by molar-refractivity contribution is -0.128. The standard InChI is InChI=1S/C21H26N2O3/c1-16-8-4-6-10-19(16)21(25)22-13-15-23(17(2)24)14-12-18-9-5-7-11-20(18)26-3/h4-11H,12-15H2,1-3H3,(H,22,25). The Morgan fingerprint density at radius 1 is 1.04 bits per heavy atom. The second kappa shape index (κ2) is 9.61. The minimum Gasteiger partial charge on any atom is -0.496 e. The van der Waals surface area contributed by atoms with E-state index in [9.17, 15) is 9.59 Å². The summed E-state index contributed by atoms with van der Waals surface area (Å²) in [5, 5.41) is 2.89. The van der Waals surface area contributed by atoms with Crippen molar-refractivity contribution in [2.75, 3.05) is 26.7 Å². The Morgan fingerprint density at radius 3 is 2.42 bits per heavy atom. The molecule has 0 radical (unpaired) electrons. The molecular weight excluding hydrogens is 328 g/mol. The summed E-state index contributed by atoms with van der Waals surface area (Å²) < 4.78 is 5.35. The Labute approximate surface area is 155 Å². The maximum atomic E-state index is 12.2. The fraction of sp³-hybridized carbons (Fsp3) is 0.333. The number of aryl methyl sites for hydroxylation is 1. The van der Waals surface area contributed by atoms with E-state index in [1.807, 2.05) is 49.4 Å². The van der Waals surface area contributed by atoms with Crippen molar-refractivity contribution < 1.29 is 14.3 Å². The van der Waals surface area contributed by atoms with Gasteiger partial charge < -0.3 is 15.0 Å². The van der Waals surface area contributed by atoms with Crippen LogP contribution in [0.1, 0.15) is 28.4 Å². The monoisotopic (exact) mass is 354 g/mol. The van der Waals surface area contributed by atoms with Gasteiger partial charge in [-0.1, -0.05) is 36.4 Å². The maximum absolute atomic E-state index is 12.2. The molecule has 0 saturated carbocycles. The molecule has 0 spiro atoms. The summed E-state index contributed by atoms with van der Waals surface area (Å²) in [6.45, 7) is 4.92. The van der Waals surface area contributed by atoms with E-state index in [4.69, 9.17) is 4.74 Å². The predicted octanol–water partition coefficient (Wildman–Crippen LogP) is 2.82. The molecule has 0 aliphatic heterocycles. The van der Waals surface area contributed by atoms with E-state index in [0.29, 0.717) is 31.6 Å². The summed E-state index contributed by atoms with van der Waals surface area (Å²) in [6.07, 6.45) is 0.704. The van der Waals surface area contributed by atoms with Crippen LogP contribution in [-0.2, 0) is 11.2 Å². The van der Waals surface area contributed by atoms with Crippen LogP contribution in [0.4, 0.5) is 0 Å². The molecule has 2 aromatic carbocycles. The van der Waals surface area contributed by atoms with Gasteiger partial charge in [0.2, 0.25) is 5.91 Å². The zero-order valence-corrected chi connectivity index (χ0v) is 15.6. The minimum atomic E-state index is -0.115. The van der Waals surface area contributed by atoms with E-state index in [2.05, 4.69) is 5.32 Å². The van der Waals surface area contributed by atoms with Crippen LogP contribution in [0.25, 0.3) is 0 Å². The molecule has 0 atom stereocenters. The van der Waals surface area contributed by atoms with Crippen molar-refractivity contribution in [2.45, 2.75) is 20.3 Å². The maximum Gasteiger partial charge on any atom is 0.251 e. The molecule has 2 aromatic rings. The van der Waals surface area contributed by atoms with Crippen LogP contribution < -0.4 is 10.1 Å². The molecular formula is C21H26N2O3. The summed E-state index contributed by atoms with van der Waals surface area (Å²) in [6, 6.07) is 15.2. The molecule has 0 saturated heterocycles. The van der Waals surface area contributed by atoms with Crippen molar-refractivity contribution in [3.8, 4) is 5.75 Å². The highest BCUT2D eigenvalue weighted by Crippen LogP contribution is 2.18. The van der Waals surface area contributed by atoms with Gasteiger partial charge in [-0.25, -0.2) is 0 Å². The number of para-hydroxylation sites is 1. The van der Waals surface area contributed by atoms with Crippen LogP contribution in [0.3, 0.4) is 0 Å². The summed E-state index contributed by atoms with van der Waals surface area (Å²) in [5.41, 5.74) is 2.66. The van der Waals surface area contributed by atoms with E-state index < -0.39 is 0 Å². The van der Waals surface area contributed by atoms with E-state index in [1.165, 1.54) is 0 Å². The zero-order chi connectivity index (χ0) is 18.9. The molecule has 1 N–H and O–H groups in total. The van der Waals surface area contributed by atoms with Crippen LogP contribution in [-0.4, -0.2) is 43.5 Å². The van der Waals surface area contributed by atoms with Gasteiger partial charge in [-0.15, -0.1) is 0 Å². The lowest BCUT2D eigenvalue weighted by Crippen LogP contribution is -2.38. The Hall–Kier alpha value is -2.82. The van der Waals surface area contributed by atoms with Crippen LogP contribution >= 0.6 is 0 Å². The van der Waals surface area contributed by atoms with Gasteiger partial charge in [-0.05, 0) is 36.6 Å². The molecule has 0 heterocycles. The van der Waals surface area contributed by atoms with Gasteiger partial charge in [0.25, 0.3) is 5.91 Å². The molecule has 2 amide bonds. The van der Waals surface area contributed by atoms with Gasteiger partial charge >= 0.3 is 0 Å². The third-order valence-electron chi connectivity index (χ3n) is 4.35. The lowest BCUT2D eigenvalue weighted by Gasteiger charge is -2.22. The van der Waals surface area contributed by atoms with Crippen molar-refractivity contribution in [3.05, 3.63) is 65.2 Å². The average Bonchev–Trinajstić information content (AvgIpc) is 2.64. The van der Waals surface area contributed by atoms with Crippen LogP contribution in [0.15, 0.2) is 48.5 Å². The normalized spacial score (nSPS) is 10.3. The molecule has 5 nitrogen and oxygen atoms in total. The Kier molecular flexibility index (Phi) is 7.21. The fourth-order valence-corrected chi connectivity index (χ4v) is 2.82. The van der Waals surface area contributed by atoms with E-state index in [1.54, 1.807) is 25.0 Å². The second-order valence-corrected chi connectivity index (χ2v) is 6.14. The minimum absolute atomic E-state index is 0.00922. The number of carbonyl (C=O) groups is 2. The Morgan fingerprint density at radius 2 is 1.73 bits per heavy atom. The third-order valence-corrected chi connectivity index (χ3v) is 4.35. The lowest BCUT2D eigenvalue weighted by atomic mass is 10.1. The SMILES string of the molecule is COc1ccccc1CCN(CCNC(=O)c1ccccc1C)C(C)=O. The number of amides is 2. The Balaban J connectivity index is 1.87. The first-order valence-corrected chi connectivity index (χ1v) is 8.74. The van der Waals surface area contributed by atoms with Crippen molar-refractivity contribution in [2.24, 2.45) is 0 Å². The summed E-state index contributed by atoms with van der Waals surface area (Å²) >= 11 is 0. The molecule has 0 aliphatic carbocycles. The van der Waals surface area contributed by atoms with Crippen LogP contribution in [0.5, 0.6) is 5.75 Å². The largest absolute Gasteiger partial charge is 0.496 e. The van der Waals surface area contributed by atoms with Gasteiger partial charge in [0.15, 0.2) is 0 Å². The topological polar surface area (TPSA) is 58.6 Å². The van der Waals surface area contributed by atoms with Gasteiger partial charge in [-0.2, -0.15) is 0 Å². The third kappa shape index (κ3) is 5.34. The average molecular weight is 354 g/mol.